The average molecular weight is 240 g/mol. The monoisotopic (exact) mass is 238 g/mol. The Morgan fingerprint density at radius 2 is 1.56 bits per heavy atom. The molecule has 2 atom stereocenters. The first-order chi connectivity index (χ1) is 3.45. The molecule has 0 nitrogen and oxygen atoms in total. The molecule has 0 N–H and O–H groups in total. The van der Waals surface area contributed by atoms with Gasteiger partial charge < -0.3 is 23.4 Å². The van der Waals surface area contributed by atoms with Crippen LogP contribution in [0.4, 0.5) is 0 Å². The maximum absolute atomic E-state index is 2.53. The Labute approximate surface area is 80.3 Å². The van der Waals surface area contributed by atoms with Gasteiger partial charge in [0.15, 0.2) is 0 Å². The molecule has 0 aromatic rings. The van der Waals surface area contributed by atoms with Gasteiger partial charge in [0, 0.05) is 0 Å². The summed E-state index contributed by atoms with van der Waals surface area (Å²) in [5.74, 6) is 2.11. The Balaban J connectivity index is 0.000000320. The predicted molar refractivity (Wildman–Crippen MR) is 29.7 cm³/mol. The van der Waals surface area contributed by atoms with Crippen LogP contribution in [-0.4, -0.2) is 0 Å². The van der Waals surface area contributed by atoms with Crippen LogP contribution in [0.5, 0.6) is 0 Å². The molecule has 3 aliphatic rings. The fraction of sp³-hybridized carbons (Fsp3) is 0.857. The minimum Gasteiger partial charge on any atom is -1.00 e. The first-order valence-electron chi connectivity index (χ1n) is 3.30. The summed E-state index contributed by atoms with van der Waals surface area (Å²) in [6.07, 6.45) is 8.56. The minimum atomic E-state index is 0. The van der Waals surface area contributed by atoms with Crippen LogP contribution in [0.15, 0.2) is 0 Å². The number of halogens is 1. The van der Waals surface area contributed by atoms with Gasteiger partial charge in [0.1, 0.15) is 0 Å². The topological polar surface area (TPSA) is 0 Å². The van der Waals surface area contributed by atoms with E-state index in [4.69, 9.17) is 0 Å². The zero-order valence-corrected chi connectivity index (χ0v) is 10.2. The fourth-order valence-corrected chi connectivity index (χ4v) is 1.81. The van der Waals surface area contributed by atoms with E-state index >= 15 is 0 Å². The van der Waals surface area contributed by atoms with Crippen LogP contribution in [0.1, 0.15) is 25.7 Å². The quantitative estimate of drug-likeness (QED) is 0.377. The Kier molecular flexibility index (Phi) is 4.58. The molecule has 2 heteroatoms. The van der Waals surface area contributed by atoms with E-state index < -0.39 is 0 Å². The van der Waals surface area contributed by atoms with Gasteiger partial charge in [-0.1, -0.05) is 19.3 Å². The second-order valence-corrected chi connectivity index (χ2v) is 2.88. The molecule has 0 radical (unpaired) electrons. The van der Waals surface area contributed by atoms with Gasteiger partial charge in [-0.2, -0.15) is 11.8 Å². The van der Waals surface area contributed by atoms with Crippen LogP contribution >= 0.6 is 0 Å². The summed E-state index contributed by atoms with van der Waals surface area (Å²) in [5, 5.41) is 0. The number of rotatable bonds is 0. The molecule has 3 aliphatic carbocycles. The molecule has 2 unspecified atom stereocenters. The van der Waals surface area contributed by atoms with Gasteiger partial charge in [0.05, 0.1) is 0 Å². The zero-order valence-electron chi connectivity index (χ0n) is 5.65. The van der Waals surface area contributed by atoms with Crippen molar-refractivity contribution in [2.45, 2.75) is 25.7 Å². The summed E-state index contributed by atoms with van der Waals surface area (Å²) in [4.78, 5) is 0. The third-order valence-corrected chi connectivity index (χ3v) is 2.30. The van der Waals surface area contributed by atoms with Crippen molar-refractivity contribution in [3.63, 3.8) is 0 Å². The average Bonchev–Trinajstić information content (AvgIpc) is 1.67. The molecule has 0 aromatic carbocycles. The fourth-order valence-electron chi connectivity index (χ4n) is 1.81. The first-order valence-corrected chi connectivity index (χ1v) is 3.30. The standard InChI is InChI=1S/C7H11.BrH.Zn/c1-2-6-4-7(3-1)5-6;;/h4,6-7H,1-3,5H2;1H;/q-1;;+2/p-1. The molecule has 0 spiro atoms. The van der Waals surface area contributed by atoms with E-state index in [1.165, 1.54) is 25.7 Å². The molecular weight excluding hydrogens is 229 g/mol. The summed E-state index contributed by atoms with van der Waals surface area (Å²) in [6.45, 7) is 0. The van der Waals surface area contributed by atoms with Crippen LogP contribution in [0.3, 0.4) is 0 Å². The Morgan fingerprint density at radius 3 is 1.67 bits per heavy atom. The molecule has 2 bridgehead atoms. The Hall–Kier alpha value is 1.10. The van der Waals surface area contributed by atoms with Crippen molar-refractivity contribution >= 4 is 0 Å². The van der Waals surface area contributed by atoms with Crippen molar-refractivity contribution in [3.05, 3.63) is 6.42 Å². The summed E-state index contributed by atoms with van der Waals surface area (Å²) < 4.78 is 0. The van der Waals surface area contributed by atoms with Crippen LogP contribution in [0, 0.1) is 18.3 Å². The molecule has 3 fully saturated rings. The summed E-state index contributed by atoms with van der Waals surface area (Å²) >= 11 is 0. The van der Waals surface area contributed by atoms with Crippen LogP contribution in [0.25, 0.3) is 0 Å². The van der Waals surface area contributed by atoms with Gasteiger partial charge in [-0.15, -0.1) is 6.42 Å². The summed E-state index contributed by atoms with van der Waals surface area (Å²) in [5.41, 5.74) is 0. The van der Waals surface area contributed by atoms with Crippen molar-refractivity contribution < 1.29 is 36.5 Å². The van der Waals surface area contributed by atoms with Crippen molar-refractivity contribution in [1.82, 2.24) is 0 Å². The number of hydrogen-bond acceptors (Lipinski definition) is 0. The van der Waals surface area contributed by atoms with E-state index in [-0.39, 0.29) is 36.5 Å². The third kappa shape index (κ3) is 2.01. The van der Waals surface area contributed by atoms with Gasteiger partial charge >= 0.3 is 19.5 Å². The van der Waals surface area contributed by atoms with E-state index in [1.54, 1.807) is 0 Å². The molecule has 0 amide bonds. The molecule has 0 heterocycles. The van der Waals surface area contributed by atoms with E-state index in [1.807, 2.05) is 0 Å². The maximum Gasteiger partial charge on any atom is 2.00 e. The molecular formula is C7H11BrZn. The van der Waals surface area contributed by atoms with Crippen molar-refractivity contribution in [3.8, 4) is 0 Å². The second kappa shape index (κ2) is 4.08. The Morgan fingerprint density at radius 1 is 1.11 bits per heavy atom. The second-order valence-electron chi connectivity index (χ2n) is 2.88. The van der Waals surface area contributed by atoms with Crippen molar-refractivity contribution in [2.24, 2.45) is 11.8 Å². The molecule has 0 aromatic heterocycles. The van der Waals surface area contributed by atoms with Gasteiger partial charge in [0.25, 0.3) is 0 Å². The predicted octanol–water partition coefficient (Wildman–Crippen LogP) is -0.988. The largest absolute Gasteiger partial charge is 2.00 e. The molecule has 3 saturated carbocycles. The summed E-state index contributed by atoms with van der Waals surface area (Å²) in [7, 11) is 0. The van der Waals surface area contributed by atoms with E-state index in [9.17, 15) is 0 Å². The normalized spacial score (nSPS) is 37.3. The van der Waals surface area contributed by atoms with Crippen molar-refractivity contribution in [1.29, 1.82) is 0 Å². The number of hydrogen-bond donors (Lipinski definition) is 0. The third-order valence-electron chi connectivity index (χ3n) is 2.30. The SMILES string of the molecule is [Br-].[CH-]1C2CCCC1C2.[Zn+2]. The smallest absolute Gasteiger partial charge is 1.00 e. The van der Waals surface area contributed by atoms with Crippen LogP contribution in [-0.2, 0) is 19.5 Å². The van der Waals surface area contributed by atoms with Gasteiger partial charge in [0.2, 0.25) is 0 Å². The van der Waals surface area contributed by atoms with Gasteiger partial charge in [-0.3, -0.25) is 0 Å². The zero-order chi connectivity index (χ0) is 4.69. The molecule has 9 heavy (non-hydrogen) atoms. The van der Waals surface area contributed by atoms with E-state index in [2.05, 4.69) is 6.42 Å². The van der Waals surface area contributed by atoms with Crippen molar-refractivity contribution in [2.75, 3.05) is 0 Å². The Bertz CT molecular complexity index is 65.5. The van der Waals surface area contributed by atoms with Gasteiger partial charge in [-0.05, 0) is 0 Å². The number of fused-ring (bicyclic) bond motifs is 2. The summed E-state index contributed by atoms with van der Waals surface area (Å²) in [6, 6.07) is 0. The van der Waals surface area contributed by atoms with E-state index in [0.717, 1.165) is 11.8 Å². The van der Waals surface area contributed by atoms with Crippen LogP contribution < -0.4 is 17.0 Å². The molecule has 0 saturated heterocycles. The molecule has 0 aliphatic heterocycles. The van der Waals surface area contributed by atoms with Crippen LogP contribution in [0.2, 0.25) is 0 Å². The first kappa shape index (κ1) is 10.1. The maximum atomic E-state index is 2.53. The minimum absolute atomic E-state index is 0. The van der Waals surface area contributed by atoms with E-state index in [0.29, 0.717) is 0 Å². The van der Waals surface area contributed by atoms with Gasteiger partial charge in [-0.25, -0.2) is 0 Å². The molecule has 48 valence electrons. The molecule has 3 rings (SSSR count).